The number of benzene rings is 4. The number of nitrogens with zero attached hydrogens (tertiary/aromatic N) is 2. The fraction of sp³-hybridized carbons (Fsp3) is 0.143. The minimum absolute atomic E-state index is 0.223. The lowest BCUT2D eigenvalue weighted by Crippen LogP contribution is -2.21. The number of amides is 3. The topological polar surface area (TPSA) is 119 Å². The third-order valence-corrected chi connectivity index (χ3v) is 6.79. The van der Waals surface area contributed by atoms with Gasteiger partial charge in [-0.2, -0.15) is 10.1 Å². The van der Waals surface area contributed by atoms with Gasteiger partial charge in [0, 0.05) is 11.3 Å². The minimum Gasteiger partial charge on any atom is -0.495 e. The van der Waals surface area contributed by atoms with Crippen LogP contribution in [0.2, 0.25) is 0 Å². The molecule has 0 radical (unpaired) electrons. The monoisotopic (exact) mass is 604 g/mol. The molecule has 0 saturated carbocycles. The van der Waals surface area contributed by atoms with Gasteiger partial charge in [0.15, 0.2) is 18.1 Å². The average molecular weight is 605 g/mol. The van der Waals surface area contributed by atoms with Gasteiger partial charge in [-0.15, -0.1) is 0 Å². The van der Waals surface area contributed by atoms with Crippen molar-refractivity contribution >= 4 is 46.6 Å². The lowest BCUT2D eigenvalue weighted by molar-refractivity contribution is -0.118. The summed E-state index contributed by atoms with van der Waals surface area (Å²) < 4.78 is 16.8. The lowest BCUT2D eigenvalue weighted by atomic mass is 10.1. The second-order valence-corrected chi connectivity index (χ2v) is 9.90. The van der Waals surface area contributed by atoms with Gasteiger partial charge in [0.25, 0.3) is 17.7 Å². The van der Waals surface area contributed by atoms with Crippen molar-refractivity contribution in [2.45, 2.75) is 13.8 Å². The van der Waals surface area contributed by atoms with Crippen LogP contribution in [0, 0.1) is 0 Å². The molecule has 0 aliphatic carbocycles. The standard InChI is InChI=1S/C35H32N4O6/c1-4-44-32-21-24(14-19-31(32)45-22-33(40)37-29-12-8-9-13-30(29)43-3)20-28-23(2)38-39(35(28)42)27-17-15-26(16-18-27)36-34(41)25-10-6-5-7-11-25/h5-21H,4,22H2,1-3H3,(H,36,41)(H,37,40)/b28-20-. The summed E-state index contributed by atoms with van der Waals surface area (Å²) in [6.07, 6.45) is 1.73. The Labute approximate surface area is 260 Å². The largest absolute Gasteiger partial charge is 0.495 e. The summed E-state index contributed by atoms with van der Waals surface area (Å²) in [6, 6.07) is 28.1. The van der Waals surface area contributed by atoms with E-state index in [1.54, 1.807) is 97.9 Å². The predicted molar refractivity (Wildman–Crippen MR) is 174 cm³/mol. The quantitative estimate of drug-likeness (QED) is 0.198. The summed E-state index contributed by atoms with van der Waals surface area (Å²) in [5.41, 5.74) is 3.91. The lowest BCUT2D eigenvalue weighted by Gasteiger charge is -2.14. The van der Waals surface area contributed by atoms with Gasteiger partial charge in [-0.3, -0.25) is 14.4 Å². The molecule has 0 bridgehead atoms. The number of methoxy groups -OCH3 is 1. The predicted octanol–water partition coefficient (Wildman–Crippen LogP) is 6.17. The maximum absolute atomic E-state index is 13.4. The molecule has 0 atom stereocenters. The van der Waals surface area contributed by atoms with Crippen LogP contribution in [0.1, 0.15) is 29.8 Å². The fourth-order valence-electron chi connectivity index (χ4n) is 4.58. The first-order valence-corrected chi connectivity index (χ1v) is 14.3. The Morgan fingerprint density at radius 3 is 2.31 bits per heavy atom. The van der Waals surface area contributed by atoms with Crippen molar-refractivity contribution in [2.24, 2.45) is 5.10 Å². The third-order valence-electron chi connectivity index (χ3n) is 6.79. The van der Waals surface area contributed by atoms with Gasteiger partial charge in [0.2, 0.25) is 0 Å². The molecular formula is C35H32N4O6. The van der Waals surface area contributed by atoms with Crippen LogP contribution in [0.5, 0.6) is 17.2 Å². The maximum Gasteiger partial charge on any atom is 0.280 e. The summed E-state index contributed by atoms with van der Waals surface area (Å²) in [4.78, 5) is 38.4. The Kier molecular flexibility index (Phi) is 9.54. The van der Waals surface area contributed by atoms with Crippen LogP contribution >= 0.6 is 0 Å². The number of carbonyl (C=O) groups is 3. The Bertz CT molecular complexity index is 1770. The number of para-hydroxylation sites is 2. The van der Waals surface area contributed by atoms with Crippen molar-refractivity contribution in [3.05, 3.63) is 114 Å². The third kappa shape index (κ3) is 7.37. The van der Waals surface area contributed by atoms with Crippen molar-refractivity contribution in [3.63, 3.8) is 0 Å². The second-order valence-electron chi connectivity index (χ2n) is 9.90. The van der Waals surface area contributed by atoms with E-state index in [1.807, 2.05) is 19.1 Å². The fourth-order valence-corrected chi connectivity index (χ4v) is 4.58. The molecule has 2 N–H and O–H groups in total. The van der Waals surface area contributed by atoms with Crippen LogP contribution in [-0.2, 0) is 9.59 Å². The van der Waals surface area contributed by atoms with Crippen molar-refractivity contribution in [1.29, 1.82) is 0 Å². The highest BCUT2D eigenvalue weighted by Crippen LogP contribution is 2.32. The number of hydrazone groups is 1. The number of carbonyl (C=O) groups excluding carboxylic acids is 3. The van der Waals surface area contributed by atoms with E-state index in [4.69, 9.17) is 14.2 Å². The molecular weight excluding hydrogens is 572 g/mol. The number of hydrogen-bond acceptors (Lipinski definition) is 7. The zero-order valence-electron chi connectivity index (χ0n) is 25.1. The molecule has 0 fully saturated rings. The molecule has 1 heterocycles. The Balaban J connectivity index is 1.25. The first-order valence-electron chi connectivity index (χ1n) is 14.3. The first kappa shape index (κ1) is 30.6. The molecule has 1 aliphatic heterocycles. The second kappa shape index (κ2) is 14.0. The number of anilines is 3. The van der Waals surface area contributed by atoms with Gasteiger partial charge in [-0.1, -0.05) is 36.4 Å². The summed E-state index contributed by atoms with van der Waals surface area (Å²) in [5, 5.41) is 11.4. The Hall–Kier alpha value is -5.90. The highest BCUT2D eigenvalue weighted by atomic mass is 16.5. The summed E-state index contributed by atoms with van der Waals surface area (Å²) in [6.45, 7) is 3.74. The van der Waals surface area contributed by atoms with Crippen LogP contribution in [0.15, 0.2) is 108 Å². The summed E-state index contributed by atoms with van der Waals surface area (Å²) in [5.74, 6) is 0.489. The molecule has 228 valence electrons. The highest BCUT2D eigenvalue weighted by Gasteiger charge is 2.29. The number of hydrogen-bond donors (Lipinski definition) is 2. The smallest absolute Gasteiger partial charge is 0.280 e. The minimum atomic E-state index is -0.358. The average Bonchev–Trinajstić information content (AvgIpc) is 3.34. The molecule has 3 amide bonds. The Morgan fingerprint density at radius 1 is 0.844 bits per heavy atom. The Morgan fingerprint density at radius 2 is 1.58 bits per heavy atom. The van der Waals surface area contributed by atoms with Gasteiger partial charge >= 0.3 is 0 Å². The zero-order chi connectivity index (χ0) is 31.8. The van der Waals surface area contributed by atoms with Crippen molar-refractivity contribution in [1.82, 2.24) is 0 Å². The van der Waals surface area contributed by atoms with Crippen LogP contribution in [0.4, 0.5) is 17.1 Å². The van der Waals surface area contributed by atoms with E-state index in [2.05, 4.69) is 15.7 Å². The number of rotatable bonds is 11. The van der Waals surface area contributed by atoms with Gasteiger partial charge in [0.1, 0.15) is 5.75 Å². The van der Waals surface area contributed by atoms with E-state index in [0.29, 0.717) is 63.3 Å². The maximum atomic E-state index is 13.4. The zero-order valence-corrected chi connectivity index (χ0v) is 25.1. The molecule has 0 saturated heterocycles. The van der Waals surface area contributed by atoms with E-state index in [-0.39, 0.29) is 24.3 Å². The molecule has 10 heteroatoms. The van der Waals surface area contributed by atoms with E-state index in [0.717, 1.165) is 0 Å². The summed E-state index contributed by atoms with van der Waals surface area (Å²) in [7, 11) is 1.53. The molecule has 0 aromatic heterocycles. The van der Waals surface area contributed by atoms with E-state index in [9.17, 15) is 14.4 Å². The van der Waals surface area contributed by atoms with Crippen molar-refractivity contribution < 1.29 is 28.6 Å². The van der Waals surface area contributed by atoms with Crippen molar-refractivity contribution in [3.8, 4) is 17.2 Å². The molecule has 1 aliphatic rings. The van der Waals surface area contributed by atoms with Crippen LogP contribution in [-0.4, -0.2) is 43.8 Å². The van der Waals surface area contributed by atoms with Gasteiger partial charge in [0.05, 0.1) is 36.4 Å². The SMILES string of the molecule is CCOc1cc(/C=C2\C(=O)N(c3ccc(NC(=O)c4ccccc4)cc3)N=C2C)ccc1OCC(=O)Nc1ccccc1OC. The molecule has 10 nitrogen and oxygen atoms in total. The van der Waals surface area contributed by atoms with Crippen molar-refractivity contribution in [2.75, 3.05) is 36.0 Å². The normalized spacial score (nSPS) is 13.3. The number of ether oxygens (including phenoxy) is 3. The molecule has 0 spiro atoms. The van der Waals surface area contributed by atoms with Crippen LogP contribution < -0.4 is 29.9 Å². The van der Waals surface area contributed by atoms with Gasteiger partial charge in [-0.25, -0.2) is 0 Å². The summed E-state index contributed by atoms with van der Waals surface area (Å²) >= 11 is 0. The molecule has 4 aromatic carbocycles. The molecule has 5 rings (SSSR count). The molecule has 4 aromatic rings. The number of nitrogens with one attached hydrogen (secondary N) is 2. The molecule has 0 unspecified atom stereocenters. The van der Waals surface area contributed by atoms with Gasteiger partial charge in [-0.05, 0) is 86.2 Å². The van der Waals surface area contributed by atoms with Crippen LogP contribution in [0.25, 0.3) is 6.08 Å². The highest BCUT2D eigenvalue weighted by molar-refractivity contribution is 6.32. The van der Waals surface area contributed by atoms with E-state index >= 15 is 0 Å². The van der Waals surface area contributed by atoms with E-state index in [1.165, 1.54) is 12.1 Å². The molecule has 45 heavy (non-hydrogen) atoms. The van der Waals surface area contributed by atoms with E-state index < -0.39 is 0 Å². The van der Waals surface area contributed by atoms with Gasteiger partial charge < -0.3 is 24.8 Å². The first-order chi connectivity index (χ1) is 21.9. The van der Waals surface area contributed by atoms with Crippen LogP contribution in [0.3, 0.4) is 0 Å².